The van der Waals surface area contributed by atoms with Gasteiger partial charge in [0.2, 0.25) is 0 Å². The van der Waals surface area contributed by atoms with Gasteiger partial charge in [-0.2, -0.15) is 0 Å². The quantitative estimate of drug-likeness (QED) is 0.682. The first-order valence-corrected chi connectivity index (χ1v) is 14.0. The summed E-state index contributed by atoms with van der Waals surface area (Å²) in [4.78, 5) is 13.9. The van der Waals surface area contributed by atoms with Gasteiger partial charge in [-0.1, -0.05) is 19.6 Å². The van der Waals surface area contributed by atoms with Crippen LogP contribution >= 0.6 is 0 Å². The van der Waals surface area contributed by atoms with Crippen LogP contribution in [-0.2, 0) is 4.74 Å². The fraction of sp³-hybridized carbons (Fsp3) is 0.950. The molecular formula is C20H38N2O2Si. The van der Waals surface area contributed by atoms with Crippen molar-refractivity contribution in [3.05, 3.63) is 0 Å². The van der Waals surface area contributed by atoms with Crippen molar-refractivity contribution in [2.24, 2.45) is 28.9 Å². The highest BCUT2D eigenvalue weighted by Gasteiger charge is 2.51. The minimum absolute atomic E-state index is 0.0748. The zero-order chi connectivity index (χ0) is 18.2. The minimum Gasteiger partial charge on any atom is -0.450 e. The molecule has 0 aromatic carbocycles. The molecule has 1 amide bonds. The molecule has 4 aliphatic rings. The van der Waals surface area contributed by atoms with Gasteiger partial charge in [-0.05, 0) is 74.2 Å². The van der Waals surface area contributed by atoms with E-state index in [9.17, 15) is 4.79 Å². The molecule has 0 aromatic heterocycles. The summed E-state index contributed by atoms with van der Waals surface area (Å²) in [6.45, 7) is 8.06. The fourth-order valence-corrected chi connectivity index (χ4v) is 6.86. The number of rotatable bonds is 7. The summed E-state index contributed by atoms with van der Waals surface area (Å²) in [6.07, 6.45) is 9.45. The van der Waals surface area contributed by atoms with E-state index in [4.69, 9.17) is 10.5 Å². The van der Waals surface area contributed by atoms with Gasteiger partial charge in [-0.3, -0.25) is 0 Å². The molecule has 0 radical (unpaired) electrons. The summed E-state index contributed by atoms with van der Waals surface area (Å²) in [7, 11) is 0.672. The summed E-state index contributed by atoms with van der Waals surface area (Å²) in [5.74, 6) is 2.88. The molecule has 4 aliphatic carbocycles. The standard InChI is InChI=1S/C20H38N2O2Si/c1-22(19(23)24-5-6-25(2,3)4)14-18(21)13-20-10-15-7-16(11-20)9-17(8-15)12-20/h15-18H,5-14,21H2,1-4H3/t15?,16?,17?,18-,20?/m0/s1. The maximum absolute atomic E-state index is 12.2. The highest BCUT2D eigenvalue weighted by Crippen LogP contribution is 2.61. The number of likely N-dealkylation sites (N-methyl/N-ethyl adjacent to an activating group) is 1. The van der Waals surface area contributed by atoms with Crippen molar-refractivity contribution in [1.29, 1.82) is 0 Å². The van der Waals surface area contributed by atoms with E-state index in [1.54, 1.807) is 4.90 Å². The molecule has 0 spiro atoms. The van der Waals surface area contributed by atoms with Crippen molar-refractivity contribution < 1.29 is 9.53 Å². The maximum atomic E-state index is 12.2. The van der Waals surface area contributed by atoms with E-state index in [1.807, 2.05) is 7.05 Å². The first-order valence-electron chi connectivity index (χ1n) is 10.3. The van der Waals surface area contributed by atoms with Crippen LogP contribution in [0, 0.1) is 23.2 Å². The van der Waals surface area contributed by atoms with Crippen molar-refractivity contribution in [3.8, 4) is 0 Å². The lowest BCUT2D eigenvalue weighted by molar-refractivity contribution is -0.0611. The number of amides is 1. The fourth-order valence-electron chi connectivity index (χ4n) is 6.14. The SMILES string of the molecule is CN(C[C@@H](N)CC12CC3CC(CC(C3)C1)C2)C(=O)OCC[Si](C)(C)C. The first kappa shape index (κ1) is 19.2. The van der Waals surface area contributed by atoms with Crippen LogP contribution in [0.5, 0.6) is 0 Å². The summed E-state index contributed by atoms with van der Waals surface area (Å²) in [6, 6.07) is 1.09. The molecule has 144 valence electrons. The van der Waals surface area contributed by atoms with Crippen LogP contribution in [0.1, 0.15) is 44.9 Å². The predicted molar refractivity (Wildman–Crippen MR) is 105 cm³/mol. The van der Waals surface area contributed by atoms with E-state index < -0.39 is 8.07 Å². The van der Waals surface area contributed by atoms with Crippen LogP contribution in [0.4, 0.5) is 4.79 Å². The van der Waals surface area contributed by atoms with E-state index in [0.717, 1.165) is 30.2 Å². The number of ether oxygens (including phenoxy) is 1. The van der Waals surface area contributed by atoms with E-state index in [1.165, 1.54) is 38.5 Å². The van der Waals surface area contributed by atoms with Gasteiger partial charge in [-0.15, -0.1) is 0 Å². The Kier molecular flexibility index (Phi) is 5.55. The largest absolute Gasteiger partial charge is 0.450 e. The predicted octanol–water partition coefficient (Wildman–Crippen LogP) is 4.33. The molecule has 4 fully saturated rings. The van der Waals surface area contributed by atoms with E-state index in [2.05, 4.69) is 19.6 Å². The second kappa shape index (κ2) is 7.22. The van der Waals surface area contributed by atoms with Gasteiger partial charge >= 0.3 is 6.09 Å². The first-order chi connectivity index (χ1) is 11.6. The van der Waals surface area contributed by atoms with E-state index in [0.29, 0.717) is 18.6 Å². The third-order valence-corrected chi connectivity index (χ3v) is 8.46. The number of nitrogens with zero attached hydrogens (tertiary/aromatic N) is 1. The minimum atomic E-state index is -1.16. The van der Waals surface area contributed by atoms with Crippen molar-refractivity contribution in [2.45, 2.75) is 76.7 Å². The Hall–Kier alpha value is -0.553. The number of nitrogens with two attached hydrogens (primary N) is 1. The summed E-state index contributed by atoms with van der Waals surface area (Å²) < 4.78 is 5.44. The molecule has 0 heterocycles. The molecular weight excluding hydrogens is 328 g/mol. The molecule has 0 saturated heterocycles. The zero-order valence-corrected chi connectivity index (χ0v) is 17.7. The van der Waals surface area contributed by atoms with Crippen LogP contribution in [0.15, 0.2) is 0 Å². The summed E-state index contributed by atoms with van der Waals surface area (Å²) >= 11 is 0. The number of hydrogen-bond donors (Lipinski definition) is 1. The molecule has 4 rings (SSSR count). The zero-order valence-electron chi connectivity index (χ0n) is 16.7. The van der Waals surface area contributed by atoms with Crippen molar-refractivity contribution in [2.75, 3.05) is 20.2 Å². The second-order valence-electron chi connectivity index (χ2n) is 10.7. The molecule has 25 heavy (non-hydrogen) atoms. The lowest BCUT2D eigenvalue weighted by Gasteiger charge is -2.57. The molecule has 1 atom stereocenters. The van der Waals surface area contributed by atoms with Gasteiger partial charge in [0.1, 0.15) is 0 Å². The van der Waals surface area contributed by atoms with Gasteiger partial charge in [0.15, 0.2) is 0 Å². The molecule has 4 nitrogen and oxygen atoms in total. The highest BCUT2D eigenvalue weighted by molar-refractivity contribution is 6.76. The topological polar surface area (TPSA) is 55.6 Å². The normalized spacial score (nSPS) is 34.8. The van der Waals surface area contributed by atoms with Gasteiger partial charge in [0.25, 0.3) is 0 Å². The van der Waals surface area contributed by atoms with Gasteiger partial charge < -0.3 is 15.4 Å². The van der Waals surface area contributed by atoms with E-state index in [-0.39, 0.29) is 12.1 Å². The molecule has 2 N–H and O–H groups in total. The Bertz CT molecular complexity index is 453. The average Bonchev–Trinajstić information content (AvgIpc) is 2.43. The maximum Gasteiger partial charge on any atom is 0.409 e. The molecule has 0 aromatic rings. The Morgan fingerprint density at radius 3 is 2.16 bits per heavy atom. The molecule has 4 bridgehead atoms. The second-order valence-corrected chi connectivity index (χ2v) is 16.3. The van der Waals surface area contributed by atoms with Crippen molar-refractivity contribution >= 4 is 14.2 Å². The summed E-state index contributed by atoms with van der Waals surface area (Å²) in [5.41, 5.74) is 6.97. The third kappa shape index (κ3) is 5.00. The van der Waals surface area contributed by atoms with Crippen LogP contribution in [0.2, 0.25) is 25.7 Å². The smallest absolute Gasteiger partial charge is 0.409 e. The Morgan fingerprint density at radius 1 is 1.16 bits per heavy atom. The molecule has 4 saturated carbocycles. The van der Waals surface area contributed by atoms with Crippen LogP contribution in [-0.4, -0.2) is 45.3 Å². The van der Waals surface area contributed by atoms with Gasteiger partial charge in [0, 0.05) is 27.7 Å². The lowest BCUT2D eigenvalue weighted by atomic mass is 9.48. The van der Waals surface area contributed by atoms with Crippen molar-refractivity contribution in [1.82, 2.24) is 4.90 Å². The van der Waals surface area contributed by atoms with Crippen LogP contribution in [0.3, 0.4) is 0 Å². The Labute approximate surface area is 154 Å². The van der Waals surface area contributed by atoms with Gasteiger partial charge in [0.05, 0.1) is 6.61 Å². The summed E-state index contributed by atoms with van der Waals surface area (Å²) in [5, 5.41) is 0. The van der Waals surface area contributed by atoms with Crippen molar-refractivity contribution in [3.63, 3.8) is 0 Å². The third-order valence-electron chi connectivity index (χ3n) is 6.76. The Balaban J connectivity index is 1.44. The Morgan fingerprint density at radius 2 is 1.68 bits per heavy atom. The highest BCUT2D eigenvalue weighted by atomic mass is 28.3. The van der Waals surface area contributed by atoms with Crippen LogP contribution < -0.4 is 5.73 Å². The molecule has 0 aliphatic heterocycles. The average molecular weight is 367 g/mol. The van der Waals surface area contributed by atoms with Gasteiger partial charge in [-0.25, -0.2) is 4.79 Å². The lowest BCUT2D eigenvalue weighted by Crippen LogP contribution is -2.50. The van der Waals surface area contributed by atoms with Crippen LogP contribution in [0.25, 0.3) is 0 Å². The monoisotopic (exact) mass is 366 g/mol. The molecule has 0 unspecified atom stereocenters. The van der Waals surface area contributed by atoms with E-state index >= 15 is 0 Å². The number of hydrogen-bond acceptors (Lipinski definition) is 3. The number of carbonyl (C=O) groups is 1. The number of carbonyl (C=O) groups excluding carboxylic acids is 1. The molecule has 5 heteroatoms.